The molecule has 0 bridgehead atoms. The van der Waals surface area contributed by atoms with Gasteiger partial charge in [0.1, 0.15) is 11.8 Å². The van der Waals surface area contributed by atoms with Crippen molar-refractivity contribution >= 4 is 5.91 Å². The van der Waals surface area contributed by atoms with Crippen LogP contribution >= 0.6 is 0 Å². The first kappa shape index (κ1) is 12.8. The van der Waals surface area contributed by atoms with E-state index in [4.69, 9.17) is 11.0 Å². The van der Waals surface area contributed by atoms with Gasteiger partial charge in [-0.3, -0.25) is 4.79 Å². The zero-order chi connectivity index (χ0) is 13.2. The van der Waals surface area contributed by atoms with Gasteiger partial charge in [0.05, 0.1) is 23.8 Å². The number of methoxy groups -OCH3 is 1. The monoisotopic (exact) mass is 244 g/mol. The van der Waals surface area contributed by atoms with Crippen LogP contribution in [0.1, 0.15) is 21.5 Å². The number of rotatable bonds is 2. The third kappa shape index (κ3) is 2.47. The fraction of sp³-hybridized carbons (Fsp3) is 0.200. The Hall–Kier alpha value is -2.23. The van der Waals surface area contributed by atoms with Gasteiger partial charge in [0.15, 0.2) is 0 Å². The van der Waals surface area contributed by atoms with Gasteiger partial charge in [-0.2, -0.15) is 18.4 Å². The van der Waals surface area contributed by atoms with E-state index >= 15 is 0 Å². The molecule has 0 heterocycles. The molecule has 0 aliphatic rings. The second kappa shape index (κ2) is 4.33. The molecule has 17 heavy (non-hydrogen) atoms. The number of nitriles is 1. The van der Waals surface area contributed by atoms with Crippen molar-refractivity contribution in [3.8, 4) is 11.8 Å². The van der Waals surface area contributed by atoms with Crippen LogP contribution in [0.25, 0.3) is 0 Å². The van der Waals surface area contributed by atoms with Gasteiger partial charge in [-0.1, -0.05) is 0 Å². The van der Waals surface area contributed by atoms with Gasteiger partial charge in [0.25, 0.3) is 0 Å². The van der Waals surface area contributed by atoms with Crippen molar-refractivity contribution in [1.29, 1.82) is 5.26 Å². The molecule has 1 aromatic rings. The highest BCUT2D eigenvalue weighted by Crippen LogP contribution is 2.35. The maximum absolute atomic E-state index is 12.6. The summed E-state index contributed by atoms with van der Waals surface area (Å²) in [6, 6.07) is 2.97. The molecular formula is C10H7F3N2O2. The fourth-order valence-electron chi connectivity index (χ4n) is 1.27. The molecule has 0 unspecified atom stereocenters. The molecule has 90 valence electrons. The Kier molecular flexibility index (Phi) is 3.27. The summed E-state index contributed by atoms with van der Waals surface area (Å²) < 4.78 is 42.5. The first-order chi connectivity index (χ1) is 7.81. The van der Waals surface area contributed by atoms with Crippen molar-refractivity contribution in [3.63, 3.8) is 0 Å². The van der Waals surface area contributed by atoms with E-state index in [1.54, 1.807) is 0 Å². The molecule has 0 radical (unpaired) electrons. The van der Waals surface area contributed by atoms with Gasteiger partial charge >= 0.3 is 6.18 Å². The summed E-state index contributed by atoms with van der Waals surface area (Å²) in [7, 11) is 1.15. The molecule has 0 aliphatic carbocycles. The lowest BCUT2D eigenvalue weighted by Crippen LogP contribution is -2.17. The van der Waals surface area contributed by atoms with Crippen LogP contribution in [0.4, 0.5) is 13.2 Å². The number of primary amides is 1. The Labute approximate surface area is 94.4 Å². The Morgan fingerprint density at radius 2 is 2.06 bits per heavy atom. The van der Waals surface area contributed by atoms with Gasteiger partial charge in [-0.15, -0.1) is 0 Å². The smallest absolute Gasteiger partial charge is 0.417 e. The van der Waals surface area contributed by atoms with E-state index in [1.165, 1.54) is 6.07 Å². The lowest BCUT2D eigenvalue weighted by molar-refractivity contribution is -0.137. The second-order valence-electron chi connectivity index (χ2n) is 3.07. The van der Waals surface area contributed by atoms with Crippen LogP contribution in [-0.2, 0) is 6.18 Å². The van der Waals surface area contributed by atoms with E-state index in [0.29, 0.717) is 6.07 Å². The number of amides is 1. The second-order valence-corrected chi connectivity index (χ2v) is 3.07. The number of carbonyl (C=O) groups is 1. The largest absolute Gasteiger partial charge is 0.497 e. The standard InChI is InChI=1S/C10H7F3N2O2/c1-17-5-2-6(9(15)16)7(4-14)8(3-5)10(11,12)13/h2-3H,1H3,(H2,15,16). The predicted molar refractivity (Wildman–Crippen MR) is 51.2 cm³/mol. The fourth-order valence-corrected chi connectivity index (χ4v) is 1.27. The van der Waals surface area contributed by atoms with Crippen LogP contribution in [0, 0.1) is 11.3 Å². The molecule has 7 heteroatoms. The average molecular weight is 244 g/mol. The molecule has 2 N–H and O–H groups in total. The maximum atomic E-state index is 12.6. The van der Waals surface area contributed by atoms with Crippen molar-refractivity contribution in [2.45, 2.75) is 6.18 Å². The van der Waals surface area contributed by atoms with Gasteiger partial charge in [-0.05, 0) is 12.1 Å². The number of halogens is 3. The molecule has 4 nitrogen and oxygen atoms in total. The SMILES string of the molecule is COc1cc(C(N)=O)c(C#N)c(C(F)(F)F)c1. The first-order valence-corrected chi connectivity index (χ1v) is 4.30. The lowest BCUT2D eigenvalue weighted by Gasteiger charge is -2.12. The van der Waals surface area contributed by atoms with Crippen LogP contribution in [0.15, 0.2) is 12.1 Å². The molecule has 0 saturated heterocycles. The lowest BCUT2D eigenvalue weighted by atomic mass is 10.0. The number of hydrogen-bond acceptors (Lipinski definition) is 3. The molecule has 0 atom stereocenters. The van der Waals surface area contributed by atoms with Crippen LogP contribution < -0.4 is 10.5 Å². The van der Waals surface area contributed by atoms with Crippen molar-refractivity contribution < 1.29 is 22.7 Å². The summed E-state index contributed by atoms with van der Waals surface area (Å²) >= 11 is 0. The average Bonchev–Trinajstić information content (AvgIpc) is 2.25. The summed E-state index contributed by atoms with van der Waals surface area (Å²) in [6.45, 7) is 0. The topological polar surface area (TPSA) is 76.1 Å². The summed E-state index contributed by atoms with van der Waals surface area (Å²) in [5, 5.41) is 8.68. The molecule has 0 saturated carbocycles. The molecule has 1 amide bonds. The molecule has 0 fully saturated rings. The van der Waals surface area contributed by atoms with E-state index in [-0.39, 0.29) is 5.75 Å². The van der Waals surface area contributed by atoms with Gasteiger partial charge in [0.2, 0.25) is 5.91 Å². The number of nitrogens with zero attached hydrogens (tertiary/aromatic N) is 1. The highest BCUT2D eigenvalue weighted by Gasteiger charge is 2.36. The van der Waals surface area contributed by atoms with E-state index in [9.17, 15) is 18.0 Å². The third-order valence-electron chi connectivity index (χ3n) is 2.03. The van der Waals surface area contributed by atoms with Crippen molar-refractivity contribution in [2.75, 3.05) is 7.11 Å². The number of hydrogen-bond donors (Lipinski definition) is 1. The first-order valence-electron chi connectivity index (χ1n) is 4.30. The number of nitrogens with two attached hydrogens (primary N) is 1. The molecular weight excluding hydrogens is 237 g/mol. The predicted octanol–water partition coefficient (Wildman–Crippen LogP) is 1.68. The van der Waals surface area contributed by atoms with Crippen molar-refractivity contribution in [3.05, 3.63) is 28.8 Å². The van der Waals surface area contributed by atoms with Gasteiger partial charge < -0.3 is 10.5 Å². The van der Waals surface area contributed by atoms with Crippen LogP contribution in [0.3, 0.4) is 0 Å². The van der Waals surface area contributed by atoms with Crippen LogP contribution in [0.2, 0.25) is 0 Å². The number of carbonyl (C=O) groups excluding carboxylic acids is 1. The maximum Gasteiger partial charge on any atom is 0.417 e. The van der Waals surface area contributed by atoms with Gasteiger partial charge in [-0.25, -0.2) is 0 Å². The summed E-state index contributed by atoms with van der Waals surface area (Å²) in [6.07, 6.45) is -4.76. The summed E-state index contributed by atoms with van der Waals surface area (Å²) in [4.78, 5) is 11.0. The molecule has 0 aliphatic heterocycles. The zero-order valence-corrected chi connectivity index (χ0v) is 8.63. The Morgan fingerprint density at radius 3 is 2.41 bits per heavy atom. The highest BCUT2D eigenvalue weighted by atomic mass is 19.4. The summed E-state index contributed by atoms with van der Waals surface area (Å²) in [5.74, 6) is -1.31. The summed E-state index contributed by atoms with van der Waals surface area (Å²) in [5.41, 5.74) is 2.36. The Morgan fingerprint density at radius 1 is 1.47 bits per heavy atom. The number of alkyl halides is 3. The Balaban J connectivity index is 3.64. The minimum Gasteiger partial charge on any atom is -0.497 e. The van der Waals surface area contributed by atoms with Crippen molar-refractivity contribution in [2.24, 2.45) is 5.73 Å². The van der Waals surface area contributed by atoms with Crippen molar-refractivity contribution in [1.82, 2.24) is 0 Å². The van der Waals surface area contributed by atoms with E-state index in [0.717, 1.165) is 13.2 Å². The van der Waals surface area contributed by atoms with Crippen LogP contribution in [-0.4, -0.2) is 13.0 Å². The van der Waals surface area contributed by atoms with Gasteiger partial charge in [0, 0.05) is 0 Å². The zero-order valence-electron chi connectivity index (χ0n) is 8.63. The quantitative estimate of drug-likeness (QED) is 0.859. The minimum atomic E-state index is -4.76. The molecule has 0 spiro atoms. The Bertz CT molecular complexity index is 503. The highest BCUT2D eigenvalue weighted by molar-refractivity contribution is 5.96. The third-order valence-corrected chi connectivity index (χ3v) is 2.03. The van der Waals surface area contributed by atoms with E-state index in [2.05, 4.69) is 4.74 Å². The normalized spacial score (nSPS) is 10.8. The molecule has 1 aromatic carbocycles. The minimum absolute atomic E-state index is 0.190. The molecule has 1 rings (SSSR count). The van der Waals surface area contributed by atoms with E-state index in [1.807, 2.05) is 0 Å². The molecule has 0 aromatic heterocycles. The number of ether oxygens (including phenoxy) is 1. The van der Waals surface area contributed by atoms with Crippen LogP contribution in [0.5, 0.6) is 5.75 Å². The number of benzene rings is 1. The van der Waals surface area contributed by atoms with E-state index < -0.39 is 28.8 Å².